The summed E-state index contributed by atoms with van der Waals surface area (Å²) in [4.78, 5) is 26.8. The van der Waals surface area contributed by atoms with Gasteiger partial charge in [0, 0.05) is 50.9 Å². The van der Waals surface area contributed by atoms with Crippen molar-refractivity contribution in [3.05, 3.63) is 59.9 Å². The Bertz CT molecular complexity index is 1550. The third-order valence-electron chi connectivity index (χ3n) is 7.46. The zero-order chi connectivity index (χ0) is 28.2. The number of ether oxygens (including phenoxy) is 1. The third kappa shape index (κ3) is 4.71. The number of anilines is 2. The monoisotopic (exact) mass is 550 g/mol. The number of nitrogens with zero attached hydrogens (tertiary/aromatic N) is 8. The summed E-state index contributed by atoms with van der Waals surface area (Å²) in [5.41, 5.74) is 3.26. The Balaban J connectivity index is 1.33. The number of methoxy groups -OCH3 is 1. The van der Waals surface area contributed by atoms with Crippen LogP contribution >= 0.6 is 0 Å². The maximum absolute atomic E-state index is 13.1. The maximum Gasteiger partial charge on any atom is 0.434 e. The molecule has 6 rings (SSSR count). The topological polar surface area (TPSA) is 85.1 Å². The molecule has 3 aromatic heterocycles. The van der Waals surface area contributed by atoms with Gasteiger partial charge < -0.3 is 19.1 Å². The van der Waals surface area contributed by atoms with Gasteiger partial charge in [-0.2, -0.15) is 13.2 Å². The van der Waals surface area contributed by atoms with E-state index >= 15 is 0 Å². The smallest absolute Gasteiger partial charge is 0.434 e. The minimum Gasteiger partial charge on any atom is -0.480 e. The Hall–Kier alpha value is -4.22. The van der Waals surface area contributed by atoms with Crippen molar-refractivity contribution in [3.63, 3.8) is 0 Å². The van der Waals surface area contributed by atoms with E-state index in [4.69, 9.17) is 14.7 Å². The average molecular weight is 551 g/mol. The fourth-order valence-electron chi connectivity index (χ4n) is 5.24. The first-order valence-corrected chi connectivity index (χ1v) is 13.1. The Kier molecular flexibility index (Phi) is 6.35. The molecule has 1 fully saturated rings. The number of aromatic nitrogens is 6. The molecule has 0 amide bonds. The summed E-state index contributed by atoms with van der Waals surface area (Å²) in [6.45, 7) is 3.49. The highest BCUT2D eigenvalue weighted by Crippen LogP contribution is 2.45. The Labute approximate surface area is 229 Å². The summed E-state index contributed by atoms with van der Waals surface area (Å²) in [5.74, 6) is 2.39. The molecule has 1 aromatic carbocycles. The van der Waals surface area contributed by atoms with Gasteiger partial charge in [0.05, 0.1) is 24.7 Å². The van der Waals surface area contributed by atoms with Crippen molar-refractivity contribution in [1.29, 1.82) is 0 Å². The zero-order valence-corrected chi connectivity index (χ0v) is 22.6. The van der Waals surface area contributed by atoms with Crippen molar-refractivity contribution in [2.24, 2.45) is 7.05 Å². The SMILES string of the molecule is COc1ncnc(C2CC2)c1-c1ncc2c(n1)N(Cc1ccc(-c3nc(C(F)(F)F)cn3C)cc1)C(C)CN2C. The van der Waals surface area contributed by atoms with Gasteiger partial charge in [-0.05, 0) is 25.3 Å². The molecule has 208 valence electrons. The Morgan fingerprint density at radius 3 is 2.42 bits per heavy atom. The lowest BCUT2D eigenvalue weighted by Crippen LogP contribution is -2.46. The first-order chi connectivity index (χ1) is 19.1. The molecule has 40 heavy (non-hydrogen) atoms. The lowest BCUT2D eigenvalue weighted by molar-refractivity contribution is -0.140. The predicted molar refractivity (Wildman–Crippen MR) is 144 cm³/mol. The summed E-state index contributed by atoms with van der Waals surface area (Å²) in [6.07, 6.45) is 2.00. The van der Waals surface area contributed by atoms with Crippen molar-refractivity contribution in [2.75, 3.05) is 30.5 Å². The second-order valence-corrected chi connectivity index (χ2v) is 10.4. The molecule has 0 spiro atoms. The van der Waals surface area contributed by atoms with E-state index in [1.807, 2.05) is 25.4 Å². The van der Waals surface area contributed by atoms with Gasteiger partial charge in [-0.1, -0.05) is 24.3 Å². The van der Waals surface area contributed by atoms with Crippen LogP contribution in [0.1, 0.15) is 42.6 Å². The van der Waals surface area contributed by atoms with Gasteiger partial charge in [0.1, 0.15) is 17.7 Å². The Morgan fingerprint density at radius 2 is 1.77 bits per heavy atom. The highest BCUT2D eigenvalue weighted by molar-refractivity contribution is 5.74. The molecule has 1 aliphatic carbocycles. The van der Waals surface area contributed by atoms with Crippen LogP contribution in [0, 0.1) is 0 Å². The molecule has 9 nitrogen and oxygen atoms in total. The van der Waals surface area contributed by atoms with Gasteiger partial charge in [0.25, 0.3) is 0 Å². The largest absolute Gasteiger partial charge is 0.480 e. The second-order valence-electron chi connectivity index (χ2n) is 10.4. The summed E-state index contributed by atoms with van der Waals surface area (Å²) >= 11 is 0. The van der Waals surface area contributed by atoms with E-state index in [1.165, 1.54) is 10.9 Å². The molecule has 0 N–H and O–H groups in total. The number of alkyl halides is 3. The highest BCUT2D eigenvalue weighted by atomic mass is 19.4. The van der Waals surface area contributed by atoms with Crippen molar-refractivity contribution >= 4 is 11.5 Å². The number of rotatable bonds is 6. The molecule has 4 aromatic rings. The number of benzene rings is 1. The second kappa shape index (κ2) is 9.76. The van der Waals surface area contributed by atoms with E-state index in [1.54, 1.807) is 26.3 Å². The predicted octanol–water partition coefficient (Wildman–Crippen LogP) is 5.08. The number of aryl methyl sites for hydroxylation is 1. The van der Waals surface area contributed by atoms with Crippen molar-refractivity contribution < 1.29 is 17.9 Å². The molecule has 12 heteroatoms. The summed E-state index contributed by atoms with van der Waals surface area (Å²) < 4.78 is 46.4. The van der Waals surface area contributed by atoms with Crippen LogP contribution < -0.4 is 14.5 Å². The quantitative estimate of drug-likeness (QED) is 0.329. The van der Waals surface area contributed by atoms with Crippen molar-refractivity contribution in [1.82, 2.24) is 29.5 Å². The molecule has 0 radical (unpaired) electrons. The van der Waals surface area contributed by atoms with Crippen LogP contribution in [-0.2, 0) is 19.8 Å². The van der Waals surface area contributed by atoms with Gasteiger partial charge in [0.2, 0.25) is 5.88 Å². The van der Waals surface area contributed by atoms with E-state index < -0.39 is 11.9 Å². The number of halogens is 3. The lowest BCUT2D eigenvalue weighted by atomic mass is 10.1. The molecule has 1 aliphatic heterocycles. The summed E-state index contributed by atoms with van der Waals surface area (Å²) in [5, 5.41) is 0. The first-order valence-electron chi connectivity index (χ1n) is 13.1. The minimum atomic E-state index is -4.49. The molecule has 4 heterocycles. The standard InChI is InChI=1S/C28H29F3N8O/c1-16-12-37(2)20-11-32-24(22-23(18-9-10-18)33-15-34-27(22)40-4)36-26(20)39(16)13-17-5-7-19(8-6-17)25-35-21(14-38(25)3)28(29,30)31/h5-8,11,14-16,18H,9-10,12-13H2,1-4H3. The van der Waals surface area contributed by atoms with Crippen molar-refractivity contribution in [2.45, 2.75) is 44.4 Å². The molecule has 1 atom stereocenters. The van der Waals surface area contributed by atoms with Crippen LogP contribution in [0.25, 0.3) is 22.8 Å². The number of imidazole rings is 1. The van der Waals surface area contributed by atoms with E-state index in [0.29, 0.717) is 29.7 Å². The Morgan fingerprint density at radius 1 is 1.02 bits per heavy atom. The van der Waals surface area contributed by atoms with Gasteiger partial charge in [-0.3, -0.25) is 0 Å². The number of likely N-dealkylation sites (N-methyl/N-ethyl adjacent to an activating group) is 1. The van der Waals surface area contributed by atoms with Crippen molar-refractivity contribution in [3.8, 4) is 28.7 Å². The van der Waals surface area contributed by atoms with Crippen LogP contribution in [0.4, 0.5) is 24.7 Å². The minimum absolute atomic E-state index is 0.139. The molecule has 0 bridgehead atoms. The van der Waals surface area contributed by atoms with E-state index in [0.717, 1.165) is 53.9 Å². The van der Waals surface area contributed by atoms with Gasteiger partial charge in [-0.25, -0.2) is 24.9 Å². The van der Waals surface area contributed by atoms with Crippen LogP contribution in [0.2, 0.25) is 0 Å². The van der Waals surface area contributed by atoms with Crippen LogP contribution in [0.3, 0.4) is 0 Å². The molecular weight excluding hydrogens is 521 g/mol. The van der Waals surface area contributed by atoms with Crippen LogP contribution in [0.15, 0.2) is 43.0 Å². The van der Waals surface area contributed by atoms with Gasteiger partial charge in [-0.15, -0.1) is 0 Å². The summed E-state index contributed by atoms with van der Waals surface area (Å²) in [7, 11) is 5.17. The molecule has 2 aliphatic rings. The van der Waals surface area contributed by atoms with Crippen LogP contribution in [-0.4, -0.2) is 56.2 Å². The van der Waals surface area contributed by atoms with Gasteiger partial charge >= 0.3 is 6.18 Å². The molecule has 0 saturated heterocycles. The normalized spacial score (nSPS) is 17.2. The number of hydrogen-bond donors (Lipinski definition) is 0. The lowest BCUT2D eigenvalue weighted by Gasteiger charge is -2.40. The molecular formula is C28H29F3N8O. The van der Waals surface area contributed by atoms with Crippen LogP contribution in [0.5, 0.6) is 5.88 Å². The molecule has 1 unspecified atom stereocenters. The maximum atomic E-state index is 13.1. The first kappa shape index (κ1) is 26.0. The fourth-order valence-corrected chi connectivity index (χ4v) is 5.24. The highest BCUT2D eigenvalue weighted by Gasteiger charge is 2.35. The van der Waals surface area contributed by atoms with E-state index in [-0.39, 0.29) is 11.9 Å². The van der Waals surface area contributed by atoms with E-state index in [2.05, 4.69) is 31.7 Å². The van der Waals surface area contributed by atoms with E-state index in [9.17, 15) is 13.2 Å². The van der Waals surface area contributed by atoms with Gasteiger partial charge in [0.15, 0.2) is 17.3 Å². The zero-order valence-electron chi connectivity index (χ0n) is 22.6. The number of hydrogen-bond acceptors (Lipinski definition) is 8. The fraction of sp³-hybridized carbons (Fsp3) is 0.393. The third-order valence-corrected chi connectivity index (χ3v) is 7.46. The average Bonchev–Trinajstić information content (AvgIpc) is 3.70. The molecule has 1 saturated carbocycles. The summed E-state index contributed by atoms with van der Waals surface area (Å²) in [6, 6.07) is 7.59. The number of fused-ring (bicyclic) bond motifs is 1.